The van der Waals surface area contributed by atoms with E-state index in [0.29, 0.717) is 0 Å². The zero-order valence-electron chi connectivity index (χ0n) is 7.43. The van der Waals surface area contributed by atoms with Crippen molar-refractivity contribution in [2.24, 2.45) is 0 Å². The molecule has 0 bridgehead atoms. The van der Waals surface area contributed by atoms with Crippen molar-refractivity contribution in [3.8, 4) is 6.07 Å². The maximum absolute atomic E-state index is 11.3. The van der Waals surface area contributed by atoms with E-state index in [4.69, 9.17) is 10.4 Å². The van der Waals surface area contributed by atoms with Crippen LogP contribution < -0.4 is 0 Å². The lowest BCUT2D eigenvalue weighted by molar-refractivity contribution is -0.146. The van der Waals surface area contributed by atoms with Gasteiger partial charge in [-0.25, -0.2) is 9.59 Å². The second-order valence-electron chi connectivity index (χ2n) is 3.01. The molecular formula is C10H5NO4. The smallest absolute Gasteiger partial charge is 0.349 e. The van der Waals surface area contributed by atoms with Crippen molar-refractivity contribution in [1.82, 2.24) is 0 Å². The Kier molecular flexibility index (Phi) is 1.90. The summed E-state index contributed by atoms with van der Waals surface area (Å²) in [7, 11) is 0. The summed E-state index contributed by atoms with van der Waals surface area (Å²) in [5, 5.41) is 17.5. The molecule has 1 aromatic carbocycles. The van der Waals surface area contributed by atoms with Crippen molar-refractivity contribution in [3.63, 3.8) is 0 Å². The molecule has 0 aromatic heterocycles. The molecule has 1 unspecified atom stereocenters. The average molecular weight is 203 g/mol. The van der Waals surface area contributed by atoms with Crippen molar-refractivity contribution < 1.29 is 19.4 Å². The zero-order valence-corrected chi connectivity index (χ0v) is 7.43. The quantitative estimate of drug-likeness (QED) is 0.683. The minimum absolute atomic E-state index is 0.0624. The lowest BCUT2D eigenvalue weighted by Gasteiger charge is -2.02. The predicted octanol–water partition coefficient (Wildman–Crippen LogP) is 0.854. The van der Waals surface area contributed by atoms with E-state index in [1.807, 2.05) is 6.07 Å². The molecule has 5 heteroatoms. The molecule has 0 saturated carbocycles. The summed E-state index contributed by atoms with van der Waals surface area (Å²) in [6.45, 7) is 0. The third-order valence-corrected chi connectivity index (χ3v) is 2.15. The van der Waals surface area contributed by atoms with Gasteiger partial charge in [-0.15, -0.1) is 0 Å². The van der Waals surface area contributed by atoms with Crippen molar-refractivity contribution in [3.05, 3.63) is 34.9 Å². The van der Waals surface area contributed by atoms with E-state index in [-0.39, 0.29) is 16.7 Å². The van der Waals surface area contributed by atoms with Gasteiger partial charge in [0.25, 0.3) is 0 Å². The van der Waals surface area contributed by atoms with E-state index < -0.39 is 18.0 Å². The summed E-state index contributed by atoms with van der Waals surface area (Å²) >= 11 is 0. The van der Waals surface area contributed by atoms with Crippen molar-refractivity contribution >= 4 is 11.9 Å². The molecule has 0 radical (unpaired) electrons. The second kappa shape index (κ2) is 3.10. The number of hydrogen-bond donors (Lipinski definition) is 1. The number of nitriles is 1. The topological polar surface area (TPSA) is 87.4 Å². The number of benzene rings is 1. The first kappa shape index (κ1) is 9.21. The van der Waals surface area contributed by atoms with Gasteiger partial charge < -0.3 is 9.84 Å². The van der Waals surface area contributed by atoms with Crippen LogP contribution in [0.15, 0.2) is 18.2 Å². The van der Waals surface area contributed by atoms with Crippen molar-refractivity contribution in [1.29, 1.82) is 5.26 Å². The van der Waals surface area contributed by atoms with Crippen LogP contribution in [0, 0.1) is 11.3 Å². The number of carbonyl (C=O) groups is 2. The largest absolute Gasteiger partial charge is 0.478 e. The fourth-order valence-corrected chi connectivity index (χ4v) is 1.52. The average Bonchev–Trinajstić information content (AvgIpc) is 2.56. The normalized spacial score (nSPS) is 17.8. The van der Waals surface area contributed by atoms with Gasteiger partial charge in [-0.3, -0.25) is 0 Å². The fraction of sp³-hybridized carbons (Fsp3) is 0.100. The Morgan fingerprint density at radius 1 is 1.53 bits per heavy atom. The molecule has 0 saturated heterocycles. The van der Waals surface area contributed by atoms with E-state index in [0.717, 1.165) is 0 Å². The van der Waals surface area contributed by atoms with E-state index in [1.165, 1.54) is 18.2 Å². The molecule has 5 nitrogen and oxygen atoms in total. The van der Waals surface area contributed by atoms with E-state index in [9.17, 15) is 9.59 Å². The summed E-state index contributed by atoms with van der Waals surface area (Å²) in [4.78, 5) is 22.1. The van der Waals surface area contributed by atoms with Crippen LogP contribution in [0.3, 0.4) is 0 Å². The number of carboxylic acid groups (broad SMARTS) is 1. The fourth-order valence-electron chi connectivity index (χ4n) is 1.52. The molecule has 1 aliphatic heterocycles. The molecule has 74 valence electrons. The van der Waals surface area contributed by atoms with Crippen LogP contribution in [0.4, 0.5) is 0 Å². The number of fused-ring (bicyclic) bond motifs is 1. The van der Waals surface area contributed by atoms with Gasteiger partial charge in [-0.1, -0.05) is 12.1 Å². The summed E-state index contributed by atoms with van der Waals surface area (Å²) in [5.74, 6) is -1.99. The van der Waals surface area contributed by atoms with Crippen LogP contribution in [-0.2, 0) is 9.53 Å². The van der Waals surface area contributed by atoms with Crippen molar-refractivity contribution in [2.45, 2.75) is 6.10 Å². The lowest BCUT2D eigenvalue weighted by Crippen LogP contribution is -2.10. The Morgan fingerprint density at radius 3 is 2.87 bits per heavy atom. The number of esters is 1. The highest BCUT2D eigenvalue weighted by Crippen LogP contribution is 2.32. The first-order valence-corrected chi connectivity index (χ1v) is 4.12. The minimum Gasteiger partial charge on any atom is -0.478 e. The molecule has 15 heavy (non-hydrogen) atoms. The van der Waals surface area contributed by atoms with Gasteiger partial charge >= 0.3 is 11.9 Å². The summed E-state index contributed by atoms with van der Waals surface area (Å²) in [5.41, 5.74) is 0.445. The first-order valence-electron chi connectivity index (χ1n) is 4.12. The van der Waals surface area contributed by atoms with Crippen molar-refractivity contribution in [2.75, 3.05) is 0 Å². The predicted molar refractivity (Wildman–Crippen MR) is 46.9 cm³/mol. The van der Waals surface area contributed by atoms with Gasteiger partial charge in [-0.05, 0) is 6.07 Å². The van der Waals surface area contributed by atoms with Crippen LogP contribution in [-0.4, -0.2) is 17.0 Å². The number of ether oxygens (including phenoxy) is 1. The number of cyclic esters (lactones) is 1. The Hall–Kier alpha value is -2.35. The third kappa shape index (κ3) is 1.23. The minimum atomic E-state index is -1.29. The number of carbonyl (C=O) groups excluding carboxylic acids is 1. The molecule has 0 fully saturated rings. The Morgan fingerprint density at radius 2 is 2.27 bits per heavy atom. The maximum atomic E-state index is 11.3. The maximum Gasteiger partial charge on any atom is 0.349 e. The molecule has 1 aromatic rings. The molecule has 1 N–H and O–H groups in total. The number of carboxylic acids is 1. The van der Waals surface area contributed by atoms with Gasteiger partial charge in [-0.2, -0.15) is 5.26 Å². The van der Waals surface area contributed by atoms with Crippen LogP contribution >= 0.6 is 0 Å². The molecule has 1 heterocycles. The van der Waals surface area contributed by atoms with Gasteiger partial charge in [0.05, 0.1) is 11.1 Å². The van der Waals surface area contributed by atoms with Gasteiger partial charge in [0.15, 0.2) is 0 Å². The zero-order chi connectivity index (χ0) is 11.0. The molecule has 1 aliphatic rings. The lowest BCUT2D eigenvalue weighted by atomic mass is 10.0. The van der Waals surface area contributed by atoms with Crippen LogP contribution in [0.5, 0.6) is 0 Å². The Bertz CT molecular complexity index is 501. The van der Waals surface area contributed by atoms with E-state index >= 15 is 0 Å². The van der Waals surface area contributed by atoms with Gasteiger partial charge in [0.1, 0.15) is 6.07 Å². The summed E-state index contributed by atoms with van der Waals surface area (Å²) in [6.07, 6.45) is -1.29. The number of rotatable bonds is 1. The monoisotopic (exact) mass is 203 g/mol. The standard InChI is InChI=1S/C10H5NO4/c11-4-5-2-1-3-6-7(5)10(14)15-8(6)9(12)13/h1-3,8H,(H,12,13). The molecular weight excluding hydrogens is 198 g/mol. The highest BCUT2D eigenvalue weighted by Gasteiger charge is 2.37. The van der Waals surface area contributed by atoms with E-state index in [1.54, 1.807) is 0 Å². The summed E-state index contributed by atoms with van der Waals surface area (Å²) in [6, 6.07) is 6.27. The number of nitrogens with zero attached hydrogens (tertiary/aromatic N) is 1. The Labute approximate surface area is 84.5 Å². The molecule has 1 atom stereocenters. The van der Waals surface area contributed by atoms with Crippen LogP contribution in [0.25, 0.3) is 0 Å². The third-order valence-electron chi connectivity index (χ3n) is 2.15. The number of aliphatic carboxylic acids is 1. The van der Waals surface area contributed by atoms with Gasteiger partial charge in [0.2, 0.25) is 6.10 Å². The second-order valence-corrected chi connectivity index (χ2v) is 3.01. The SMILES string of the molecule is N#Cc1cccc2c1C(=O)OC2C(=O)O. The van der Waals surface area contributed by atoms with E-state index in [2.05, 4.69) is 4.74 Å². The highest BCUT2D eigenvalue weighted by molar-refractivity contribution is 6.00. The Balaban J connectivity index is 2.65. The molecule has 0 spiro atoms. The van der Waals surface area contributed by atoms with Gasteiger partial charge in [0, 0.05) is 5.56 Å². The summed E-state index contributed by atoms with van der Waals surface area (Å²) < 4.78 is 4.65. The first-order chi connectivity index (χ1) is 7.15. The molecule has 0 amide bonds. The molecule has 2 rings (SSSR count). The van der Waals surface area contributed by atoms with Crippen LogP contribution in [0.1, 0.15) is 27.6 Å². The number of hydrogen-bond acceptors (Lipinski definition) is 4. The highest BCUT2D eigenvalue weighted by atomic mass is 16.6. The van der Waals surface area contributed by atoms with Crippen LogP contribution in [0.2, 0.25) is 0 Å². The molecule has 0 aliphatic carbocycles.